The molecular formula is C9H19ClN2. The average Bonchev–Trinajstić information content (AvgIpc) is 2.55. The molecule has 1 N–H and O–H groups in total. The molecule has 2 fully saturated rings. The lowest BCUT2D eigenvalue weighted by molar-refractivity contribution is 0.202. The van der Waals surface area contributed by atoms with E-state index < -0.39 is 0 Å². The Morgan fingerprint density at radius 3 is 2.67 bits per heavy atom. The molecule has 2 saturated heterocycles. The Balaban J connectivity index is 0.000000720. The highest BCUT2D eigenvalue weighted by atomic mass is 35.5. The fraction of sp³-hybridized carbons (Fsp3) is 1.00. The molecule has 0 saturated carbocycles. The highest BCUT2D eigenvalue weighted by molar-refractivity contribution is 5.85. The number of halogens is 1. The summed E-state index contributed by atoms with van der Waals surface area (Å²) >= 11 is 0. The zero-order chi connectivity index (χ0) is 7.68. The number of nitrogens with one attached hydrogen (secondary N) is 1. The predicted molar refractivity (Wildman–Crippen MR) is 53.9 cm³/mol. The fourth-order valence-corrected chi connectivity index (χ4v) is 2.42. The average molecular weight is 191 g/mol. The summed E-state index contributed by atoms with van der Waals surface area (Å²) < 4.78 is 0. The maximum atomic E-state index is 3.43. The van der Waals surface area contributed by atoms with E-state index in [1.165, 1.54) is 38.9 Å². The normalized spacial score (nSPS) is 36.8. The lowest BCUT2D eigenvalue weighted by atomic mass is 10.2. The number of likely N-dealkylation sites (tertiary alicyclic amines) is 1. The van der Waals surface area contributed by atoms with Crippen LogP contribution in [0.25, 0.3) is 0 Å². The summed E-state index contributed by atoms with van der Waals surface area (Å²) in [5, 5.41) is 3.43. The van der Waals surface area contributed by atoms with E-state index >= 15 is 0 Å². The number of hydrogen-bond donors (Lipinski definition) is 1. The van der Waals surface area contributed by atoms with E-state index in [0.29, 0.717) is 0 Å². The molecule has 0 aromatic carbocycles. The zero-order valence-corrected chi connectivity index (χ0v) is 8.57. The zero-order valence-electron chi connectivity index (χ0n) is 7.75. The minimum Gasteiger partial charge on any atom is -0.315 e. The molecule has 0 radical (unpaired) electrons. The van der Waals surface area contributed by atoms with Crippen molar-refractivity contribution >= 4 is 12.4 Å². The summed E-state index contributed by atoms with van der Waals surface area (Å²) in [7, 11) is 0. The van der Waals surface area contributed by atoms with E-state index in [2.05, 4.69) is 17.1 Å². The summed E-state index contributed by atoms with van der Waals surface area (Å²) in [6.45, 7) is 6.16. The van der Waals surface area contributed by atoms with Gasteiger partial charge in [0.1, 0.15) is 0 Å². The molecule has 0 bridgehead atoms. The third kappa shape index (κ3) is 1.93. The van der Waals surface area contributed by atoms with E-state index in [9.17, 15) is 0 Å². The number of nitrogens with zero attached hydrogens (tertiary/aromatic N) is 1. The quantitative estimate of drug-likeness (QED) is 0.670. The summed E-state index contributed by atoms with van der Waals surface area (Å²) in [5.41, 5.74) is 0. The number of rotatable bonds is 1. The van der Waals surface area contributed by atoms with E-state index in [1.807, 2.05) is 0 Å². The first-order valence-electron chi connectivity index (χ1n) is 4.84. The molecule has 0 unspecified atom stereocenters. The van der Waals surface area contributed by atoms with Gasteiger partial charge in [0.25, 0.3) is 0 Å². The molecular weight excluding hydrogens is 172 g/mol. The van der Waals surface area contributed by atoms with Gasteiger partial charge < -0.3 is 5.32 Å². The van der Waals surface area contributed by atoms with Crippen molar-refractivity contribution in [1.82, 2.24) is 10.2 Å². The molecule has 0 aromatic rings. The third-order valence-corrected chi connectivity index (χ3v) is 3.11. The molecule has 72 valence electrons. The van der Waals surface area contributed by atoms with E-state index in [-0.39, 0.29) is 12.4 Å². The van der Waals surface area contributed by atoms with Crippen LogP contribution < -0.4 is 5.32 Å². The SMILES string of the molecule is C[C@H]1CCCN1[C@@H]1CCNC1.Cl. The molecule has 0 aromatic heterocycles. The Kier molecular flexibility index (Phi) is 3.81. The largest absolute Gasteiger partial charge is 0.315 e. The molecule has 0 amide bonds. The monoisotopic (exact) mass is 190 g/mol. The van der Waals surface area contributed by atoms with Crippen LogP contribution >= 0.6 is 12.4 Å². The Bertz CT molecular complexity index is 134. The van der Waals surface area contributed by atoms with E-state index in [4.69, 9.17) is 0 Å². The lowest BCUT2D eigenvalue weighted by Gasteiger charge is -2.27. The van der Waals surface area contributed by atoms with Crippen LogP contribution in [0.4, 0.5) is 0 Å². The van der Waals surface area contributed by atoms with E-state index in [1.54, 1.807) is 0 Å². The Hall–Kier alpha value is 0.210. The first kappa shape index (κ1) is 10.3. The van der Waals surface area contributed by atoms with Gasteiger partial charge in [-0.1, -0.05) is 0 Å². The summed E-state index contributed by atoms with van der Waals surface area (Å²) in [5.74, 6) is 0. The van der Waals surface area contributed by atoms with Crippen LogP contribution in [0.3, 0.4) is 0 Å². The number of hydrogen-bond acceptors (Lipinski definition) is 2. The van der Waals surface area contributed by atoms with Crippen LogP contribution in [-0.2, 0) is 0 Å². The van der Waals surface area contributed by atoms with Gasteiger partial charge in [-0.2, -0.15) is 0 Å². The lowest BCUT2D eigenvalue weighted by Crippen LogP contribution is -2.38. The van der Waals surface area contributed by atoms with Gasteiger partial charge in [-0.15, -0.1) is 12.4 Å². The third-order valence-electron chi connectivity index (χ3n) is 3.11. The Morgan fingerprint density at radius 1 is 1.33 bits per heavy atom. The second-order valence-corrected chi connectivity index (χ2v) is 3.88. The minimum absolute atomic E-state index is 0. The van der Waals surface area contributed by atoms with Gasteiger partial charge in [0, 0.05) is 18.6 Å². The van der Waals surface area contributed by atoms with Crippen molar-refractivity contribution in [3.05, 3.63) is 0 Å². The van der Waals surface area contributed by atoms with Crippen molar-refractivity contribution in [1.29, 1.82) is 0 Å². The van der Waals surface area contributed by atoms with Crippen LogP contribution in [0.15, 0.2) is 0 Å². The molecule has 0 spiro atoms. The second kappa shape index (κ2) is 4.45. The van der Waals surface area contributed by atoms with Gasteiger partial charge in [-0.05, 0) is 39.3 Å². The maximum Gasteiger partial charge on any atom is 0.0235 e. The molecule has 3 heteroatoms. The van der Waals surface area contributed by atoms with Gasteiger partial charge in [0.2, 0.25) is 0 Å². The van der Waals surface area contributed by atoms with Crippen molar-refractivity contribution in [3.8, 4) is 0 Å². The van der Waals surface area contributed by atoms with Gasteiger partial charge >= 0.3 is 0 Å². The van der Waals surface area contributed by atoms with Crippen molar-refractivity contribution in [2.45, 2.75) is 38.3 Å². The highest BCUT2D eigenvalue weighted by Crippen LogP contribution is 2.21. The molecule has 2 heterocycles. The second-order valence-electron chi connectivity index (χ2n) is 3.88. The summed E-state index contributed by atoms with van der Waals surface area (Å²) in [6, 6.07) is 1.70. The van der Waals surface area contributed by atoms with Crippen molar-refractivity contribution in [2.24, 2.45) is 0 Å². The summed E-state index contributed by atoms with van der Waals surface area (Å²) in [6.07, 6.45) is 4.19. The molecule has 2 aliphatic heterocycles. The topological polar surface area (TPSA) is 15.3 Å². The highest BCUT2D eigenvalue weighted by Gasteiger charge is 2.29. The molecule has 2 rings (SSSR count). The van der Waals surface area contributed by atoms with Crippen LogP contribution in [0.2, 0.25) is 0 Å². The van der Waals surface area contributed by atoms with Gasteiger partial charge in [0.05, 0.1) is 0 Å². The van der Waals surface area contributed by atoms with Crippen LogP contribution in [-0.4, -0.2) is 36.6 Å². The Morgan fingerprint density at radius 2 is 2.17 bits per heavy atom. The molecule has 2 atom stereocenters. The molecule has 12 heavy (non-hydrogen) atoms. The molecule has 0 aliphatic carbocycles. The first-order chi connectivity index (χ1) is 5.38. The molecule has 2 nitrogen and oxygen atoms in total. The fourth-order valence-electron chi connectivity index (χ4n) is 2.42. The van der Waals surface area contributed by atoms with Crippen molar-refractivity contribution < 1.29 is 0 Å². The van der Waals surface area contributed by atoms with Crippen LogP contribution in [0.1, 0.15) is 26.2 Å². The minimum atomic E-state index is 0. The predicted octanol–water partition coefficient (Wildman–Crippen LogP) is 1.25. The van der Waals surface area contributed by atoms with Crippen molar-refractivity contribution in [3.63, 3.8) is 0 Å². The first-order valence-corrected chi connectivity index (χ1v) is 4.84. The summed E-state index contributed by atoms with van der Waals surface area (Å²) in [4.78, 5) is 2.68. The standard InChI is InChI=1S/C9H18N2.ClH/c1-8-3-2-6-11(8)9-4-5-10-7-9;/h8-10H,2-7H2,1H3;1H/t8-,9+;/m0./s1. The van der Waals surface area contributed by atoms with Gasteiger partial charge in [0.15, 0.2) is 0 Å². The molecule has 2 aliphatic rings. The van der Waals surface area contributed by atoms with Gasteiger partial charge in [-0.25, -0.2) is 0 Å². The smallest absolute Gasteiger partial charge is 0.0235 e. The van der Waals surface area contributed by atoms with Crippen LogP contribution in [0.5, 0.6) is 0 Å². The van der Waals surface area contributed by atoms with E-state index in [0.717, 1.165) is 12.1 Å². The maximum absolute atomic E-state index is 3.43. The van der Waals surface area contributed by atoms with Gasteiger partial charge in [-0.3, -0.25) is 4.90 Å². The van der Waals surface area contributed by atoms with Crippen LogP contribution in [0, 0.1) is 0 Å². The van der Waals surface area contributed by atoms with Crippen molar-refractivity contribution in [2.75, 3.05) is 19.6 Å². The Labute approximate surface area is 81.1 Å².